The number of rotatable bonds is 53. The molecule has 11 heteroatoms. The van der Waals surface area contributed by atoms with Crippen molar-refractivity contribution < 1.29 is 49.3 Å². The number of hydrogen-bond donors (Lipinski definition) is 6. The highest BCUT2D eigenvalue weighted by molar-refractivity contribution is 5.80. The Morgan fingerprint density at radius 1 is 0.528 bits per heavy atom. The van der Waals surface area contributed by atoms with Gasteiger partial charge in [0, 0.05) is 6.42 Å². The molecule has 1 aliphatic heterocycles. The molecule has 1 aliphatic rings. The van der Waals surface area contributed by atoms with Gasteiger partial charge in [0.2, 0.25) is 5.91 Å². The summed E-state index contributed by atoms with van der Waals surface area (Å²) in [6, 6.07) is -1.02. The van der Waals surface area contributed by atoms with Gasteiger partial charge < -0.3 is 45.1 Å². The Labute approximate surface area is 442 Å². The maximum Gasteiger partial charge on any atom is 0.306 e. The summed E-state index contributed by atoms with van der Waals surface area (Å²) in [4.78, 5) is 26.5. The molecule has 8 unspecified atom stereocenters. The van der Waals surface area contributed by atoms with E-state index in [0.717, 1.165) is 57.8 Å². The van der Waals surface area contributed by atoms with E-state index in [1.807, 2.05) is 6.08 Å². The molecule has 1 amide bonds. The number of nitrogens with one attached hydrogen (secondary N) is 1. The molecule has 72 heavy (non-hydrogen) atoms. The molecule has 1 heterocycles. The minimum absolute atomic E-state index is 0.131. The number of carbonyl (C=O) groups excluding carboxylic acids is 2. The van der Waals surface area contributed by atoms with Crippen molar-refractivity contribution >= 4 is 11.9 Å². The molecule has 426 valence electrons. The van der Waals surface area contributed by atoms with Crippen LogP contribution in [0.15, 0.2) is 12.2 Å². The number of aliphatic hydroxyl groups is 5. The molecule has 11 nitrogen and oxygen atoms in total. The minimum atomic E-state index is -1.61. The predicted molar refractivity (Wildman–Crippen MR) is 297 cm³/mol. The molecule has 0 saturated carbocycles. The van der Waals surface area contributed by atoms with Crippen LogP contribution in [0.3, 0.4) is 0 Å². The zero-order valence-corrected chi connectivity index (χ0v) is 47.1. The van der Waals surface area contributed by atoms with Gasteiger partial charge in [0.1, 0.15) is 24.4 Å². The van der Waals surface area contributed by atoms with Crippen molar-refractivity contribution in [2.45, 2.75) is 352 Å². The average molecular weight is 1020 g/mol. The van der Waals surface area contributed by atoms with Crippen LogP contribution in [0, 0.1) is 0 Å². The Morgan fingerprint density at radius 2 is 0.903 bits per heavy atom. The Morgan fingerprint density at radius 3 is 1.31 bits per heavy atom. The molecular formula is C61H117NO10. The highest BCUT2D eigenvalue weighted by atomic mass is 16.7. The quantitative estimate of drug-likeness (QED) is 0.0195. The summed E-state index contributed by atoms with van der Waals surface area (Å²) in [6.07, 6.45) is 45.3. The van der Waals surface area contributed by atoms with E-state index < -0.39 is 67.4 Å². The lowest BCUT2D eigenvalue weighted by atomic mass is 9.99. The first-order valence-corrected chi connectivity index (χ1v) is 31.0. The standard InChI is InChI=1S/C61H117NO10/c1-4-7-10-13-16-19-22-25-27-29-30-33-36-39-42-45-48-54(65)60(69)62-52(53(64)47-44-41-38-35-32-24-21-18-15-12-9-6-3)51-70-61-59(58(68)57(67)55(50-63)71-61)72-56(66)49-46-43-40-37-34-31-28-26-23-20-17-14-11-8-5-2/h44,47,52-55,57-59,61,63-65,67-68H,4-43,45-46,48-51H2,1-3H3,(H,62,69)/b47-44+. The first kappa shape index (κ1) is 68.4. The van der Waals surface area contributed by atoms with Gasteiger partial charge in [0.15, 0.2) is 12.4 Å². The maximum atomic E-state index is 13.4. The summed E-state index contributed by atoms with van der Waals surface area (Å²) in [6.45, 7) is 5.82. The van der Waals surface area contributed by atoms with Crippen LogP contribution in [0.25, 0.3) is 0 Å². The number of carbonyl (C=O) groups is 2. The fourth-order valence-electron chi connectivity index (χ4n) is 10.0. The third-order valence-electron chi connectivity index (χ3n) is 14.9. The number of allylic oxidation sites excluding steroid dienone is 1. The van der Waals surface area contributed by atoms with Crippen LogP contribution in [0.5, 0.6) is 0 Å². The molecule has 1 rings (SSSR count). The smallest absolute Gasteiger partial charge is 0.306 e. The molecule has 0 aromatic carbocycles. The number of hydrogen-bond acceptors (Lipinski definition) is 10. The fourth-order valence-corrected chi connectivity index (χ4v) is 10.0. The van der Waals surface area contributed by atoms with Gasteiger partial charge in [0.25, 0.3) is 0 Å². The monoisotopic (exact) mass is 1020 g/mol. The lowest BCUT2D eigenvalue weighted by Crippen LogP contribution is -2.61. The topological polar surface area (TPSA) is 175 Å². The highest BCUT2D eigenvalue weighted by Gasteiger charge is 2.47. The van der Waals surface area contributed by atoms with E-state index in [4.69, 9.17) is 14.2 Å². The van der Waals surface area contributed by atoms with E-state index in [-0.39, 0.29) is 13.0 Å². The van der Waals surface area contributed by atoms with Crippen molar-refractivity contribution in [2.24, 2.45) is 0 Å². The molecule has 1 fully saturated rings. The normalized spacial score (nSPS) is 19.5. The van der Waals surface area contributed by atoms with Crippen LogP contribution in [-0.4, -0.2) is 99.6 Å². The third-order valence-corrected chi connectivity index (χ3v) is 14.9. The van der Waals surface area contributed by atoms with Crippen LogP contribution < -0.4 is 5.32 Å². The second kappa shape index (κ2) is 50.2. The summed E-state index contributed by atoms with van der Waals surface area (Å²) in [5.74, 6) is -1.18. The van der Waals surface area contributed by atoms with Crippen LogP contribution >= 0.6 is 0 Å². The lowest BCUT2D eigenvalue weighted by Gasteiger charge is -2.41. The Kier molecular flexibility index (Phi) is 47.7. The fraction of sp³-hybridized carbons (Fsp3) is 0.934. The van der Waals surface area contributed by atoms with Crippen LogP contribution in [0.1, 0.15) is 303 Å². The van der Waals surface area contributed by atoms with Gasteiger partial charge in [-0.25, -0.2) is 0 Å². The van der Waals surface area contributed by atoms with Crippen molar-refractivity contribution in [1.82, 2.24) is 5.32 Å². The van der Waals surface area contributed by atoms with Gasteiger partial charge in [-0.15, -0.1) is 0 Å². The molecule has 0 bridgehead atoms. The van der Waals surface area contributed by atoms with Gasteiger partial charge in [-0.3, -0.25) is 9.59 Å². The first-order valence-electron chi connectivity index (χ1n) is 31.0. The second-order valence-corrected chi connectivity index (χ2v) is 21.8. The highest BCUT2D eigenvalue weighted by Crippen LogP contribution is 2.26. The number of unbranched alkanes of at least 4 members (excludes halogenated alkanes) is 39. The molecule has 8 atom stereocenters. The van der Waals surface area contributed by atoms with Gasteiger partial charge >= 0.3 is 5.97 Å². The maximum absolute atomic E-state index is 13.4. The number of ether oxygens (including phenoxy) is 3. The summed E-state index contributed by atoms with van der Waals surface area (Å²) in [5, 5.41) is 56.9. The first-order chi connectivity index (χ1) is 35.2. The Bertz CT molecular complexity index is 1220. The zero-order valence-electron chi connectivity index (χ0n) is 47.1. The van der Waals surface area contributed by atoms with Crippen molar-refractivity contribution in [3.05, 3.63) is 12.2 Å². The SMILES string of the molecule is CCCCCCCCCCCC/C=C/C(O)C(COC1OC(CO)C(O)C(O)C1OC(=O)CCCCCCCCCCCCCCCCC)NC(=O)C(O)CCCCCCCCCCCCCCCCCC. The molecule has 6 N–H and O–H groups in total. The summed E-state index contributed by atoms with van der Waals surface area (Å²) < 4.78 is 17.6. The van der Waals surface area contributed by atoms with E-state index in [9.17, 15) is 35.1 Å². The van der Waals surface area contributed by atoms with Crippen molar-refractivity contribution in [2.75, 3.05) is 13.2 Å². The largest absolute Gasteiger partial charge is 0.454 e. The Balaban J connectivity index is 2.68. The Hall–Kier alpha value is -1.60. The van der Waals surface area contributed by atoms with Crippen molar-refractivity contribution in [3.63, 3.8) is 0 Å². The predicted octanol–water partition coefficient (Wildman–Crippen LogP) is 14.3. The molecule has 0 spiro atoms. The second-order valence-electron chi connectivity index (χ2n) is 21.8. The van der Waals surface area contributed by atoms with E-state index in [2.05, 4.69) is 26.1 Å². The van der Waals surface area contributed by atoms with E-state index in [0.29, 0.717) is 19.3 Å². The molecular weight excluding hydrogens is 907 g/mol. The van der Waals surface area contributed by atoms with Gasteiger partial charge in [-0.05, 0) is 25.7 Å². The van der Waals surface area contributed by atoms with Crippen LogP contribution in [0.2, 0.25) is 0 Å². The van der Waals surface area contributed by atoms with Gasteiger partial charge in [0.05, 0.1) is 25.4 Å². The van der Waals surface area contributed by atoms with Gasteiger partial charge in [-0.2, -0.15) is 0 Å². The lowest BCUT2D eigenvalue weighted by molar-refractivity contribution is -0.305. The summed E-state index contributed by atoms with van der Waals surface area (Å²) in [5.41, 5.74) is 0. The third kappa shape index (κ3) is 38.0. The molecule has 0 aromatic heterocycles. The average Bonchev–Trinajstić information content (AvgIpc) is 3.38. The number of esters is 1. The van der Waals surface area contributed by atoms with Gasteiger partial charge in [-0.1, -0.05) is 283 Å². The molecule has 1 saturated heterocycles. The van der Waals surface area contributed by atoms with Crippen LogP contribution in [-0.2, 0) is 23.8 Å². The summed E-state index contributed by atoms with van der Waals surface area (Å²) >= 11 is 0. The van der Waals surface area contributed by atoms with E-state index in [1.165, 1.54) is 199 Å². The number of amides is 1. The van der Waals surface area contributed by atoms with Crippen molar-refractivity contribution in [1.29, 1.82) is 0 Å². The molecule has 0 aliphatic carbocycles. The van der Waals surface area contributed by atoms with E-state index >= 15 is 0 Å². The van der Waals surface area contributed by atoms with E-state index in [1.54, 1.807) is 6.08 Å². The number of aliphatic hydroxyl groups excluding tert-OH is 5. The molecule has 0 radical (unpaired) electrons. The zero-order chi connectivity index (χ0) is 52.5. The molecule has 0 aromatic rings. The summed E-state index contributed by atoms with van der Waals surface area (Å²) in [7, 11) is 0. The minimum Gasteiger partial charge on any atom is -0.454 e. The van der Waals surface area contributed by atoms with Crippen molar-refractivity contribution in [3.8, 4) is 0 Å². The van der Waals surface area contributed by atoms with Crippen LogP contribution in [0.4, 0.5) is 0 Å².